The molecule has 0 aliphatic heterocycles. The number of aryl methyl sites for hydroxylation is 1. The van der Waals surface area contributed by atoms with E-state index < -0.39 is 5.97 Å². The molecule has 1 amide bonds. The Morgan fingerprint density at radius 2 is 1.92 bits per heavy atom. The highest BCUT2D eigenvalue weighted by Gasteiger charge is 2.23. The van der Waals surface area contributed by atoms with Crippen molar-refractivity contribution in [2.75, 3.05) is 13.2 Å². The van der Waals surface area contributed by atoms with E-state index in [1.165, 1.54) is 6.42 Å². The summed E-state index contributed by atoms with van der Waals surface area (Å²) in [5.41, 5.74) is 2.12. The molecule has 1 saturated carbocycles. The number of nitrogens with one attached hydrogen (secondary N) is 1. The fraction of sp³-hybridized carbons (Fsp3) is 0.619. The van der Waals surface area contributed by atoms with Gasteiger partial charge < -0.3 is 14.8 Å². The summed E-state index contributed by atoms with van der Waals surface area (Å²) in [5.74, 6) is 0.688. The van der Waals surface area contributed by atoms with Gasteiger partial charge in [0.05, 0.1) is 0 Å². The van der Waals surface area contributed by atoms with E-state index in [1.807, 2.05) is 25.1 Å². The summed E-state index contributed by atoms with van der Waals surface area (Å²) in [4.78, 5) is 23.9. The van der Waals surface area contributed by atoms with Gasteiger partial charge in [0.2, 0.25) is 0 Å². The van der Waals surface area contributed by atoms with Crippen LogP contribution in [0.2, 0.25) is 0 Å². The van der Waals surface area contributed by atoms with Crippen LogP contribution in [0.4, 0.5) is 0 Å². The Balaban J connectivity index is 1.77. The molecule has 0 saturated heterocycles. The lowest BCUT2D eigenvalue weighted by molar-refractivity contribution is -0.150. The molecule has 1 fully saturated rings. The molecule has 1 aliphatic carbocycles. The van der Waals surface area contributed by atoms with Crippen molar-refractivity contribution < 1.29 is 19.1 Å². The van der Waals surface area contributed by atoms with Crippen LogP contribution in [0.3, 0.4) is 0 Å². The molecule has 144 valence electrons. The molecule has 2 atom stereocenters. The standard InChI is InChI=1S/C21H31NO4/c1-14(2)17-10-9-15(3)11-19(17)25-13-21(24)26-12-20(23)22-18-8-6-5-7-16(18)4/h9-11,14,16,18H,5-8,12-13H2,1-4H3,(H,22,23)/t16-,18+/m0/s1. The highest BCUT2D eigenvalue weighted by molar-refractivity contribution is 5.81. The summed E-state index contributed by atoms with van der Waals surface area (Å²) < 4.78 is 10.7. The predicted molar refractivity (Wildman–Crippen MR) is 101 cm³/mol. The molecule has 0 bridgehead atoms. The molecule has 0 heterocycles. The van der Waals surface area contributed by atoms with Gasteiger partial charge in [0.25, 0.3) is 5.91 Å². The van der Waals surface area contributed by atoms with E-state index in [0.717, 1.165) is 30.4 Å². The minimum atomic E-state index is -0.534. The molecule has 1 aliphatic rings. The number of benzene rings is 1. The zero-order valence-corrected chi connectivity index (χ0v) is 16.3. The summed E-state index contributed by atoms with van der Waals surface area (Å²) in [7, 11) is 0. The molecular weight excluding hydrogens is 330 g/mol. The number of amides is 1. The van der Waals surface area contributed by atoms with Gasteiger partial charge in [-0.3, -0.25) is 4.79 Å². The van der Waals surface area contributed by atoms with E-state index in [1.54, 1.807) is 0 Å². The van der Waals surface area contributed by atoms with Crippen molar-refractivity contribution in [3.8, 4) is 5.75 Å². The van der Waals surface area contributed by atoms with Gasteiger partial charge in [-0.25, -0.2) is 4.79 Å². The smallest absolute Gasteiger partial charge is 0.344 e. The van der Waals surface area contributed by atoms with E-state index in [9.17, 15) is 9.59 Å². The first-order valence-electron chi connectivity index (χ1n) is 9.55. The van der Waals surface area contributed by atoms with Crippen LogP contribution in [0, 0.1) is 12.8 Å². The Bertz CT molecular complexity index is 626. The second-order valence-corrected chi connectivity index (χ2v) is 7.58. The van der Waals surface area contributed by atoms with Crippen molar-refractivity contribution in [1.82, 2.24) is 5.32 Å². The van der Waals surface area contributed by atoms with Gasteiger partial charge in [-0.05, 0) is 48.8 Å². The molecule has 0 spiro atoms. The highest BCUT2D eigenvalue weighted by atomic mass is 16.6. The molecule has 2 rings (SSSR count). The Morgan fingerprint density at radius 1 is 1.19 bits per heavy atom. The van der Waals surface area contributed by atoms with Gasteiger partial charge in [-0.15, -0.1) is 0 Å². The molecule has 0 aromatic heterocycles. The lowest BCUT2D eigenvalue weighted by atomic mass is 9.86. The first-order valence-corrected chi connectivity index (χ1v) is 9.55. The topological polar surface area (TPSA) is 64.6 Å². The van der Waals surface area contributed by atoms with Crippen molar-refractivity contribution in [2.45, 2.75) is 65.3 Å². The number of carbonyl (C=O) groups is 2. The van der Waals surface area contributed by atoms with Crippen molar-refractivity contribution in [3.63, 3.8) is 0 Å². The number of hydrogen-bond acceptors (Lipinski definition) is 4. The maximum absolute atomic E-state index is 12.0. The fourth-order valence-corrected chi connectivity index (χ4v) is 3.35. The van der Waals surface area contributed by atoms with Gasteiger partial charge in [0, 0.05) is 6.04 Å². The third kappa shape index (κ3) is 6.04. The molecule has 1 aromatic carbocycles. The molecular formula is C21H31NO4. The van der Waals surface area contributed by atoms with Crippen LogP contribution in [0.1, 0.15) is 63.5 Å². The van der Waals surface area contributed by atoms with Crippen LogP contribution in [0.25, 0.3) is 0 Å². The zero-order chi connectivity index (χ0) is 19.1. The normalized spacial score (nSPS) is 19.9. The molecule has 1 aromatic rings. The lowest BCUT2D eigenvalue weighted by Gasteiger charge is -2.29. The van der Waals surface area contributed by atoms with Crippen LogP contribution < -0.4 is 10.1 Å². The largest absolute Gasteiger partial charge is 0.482 e. The van der Waals surface area contributed by atoms with Gasteiger partial charge in [0.15, 0.2) is 13.2 Å². The number of carbonyl (C=O) groups excluding carboxylic acids is 2. The molecule has 5 heteroatoms. The van der Waals surface area contributed by atoms with E-state index in [4.69, 9.17) is 9.47 Å². The molecule has 5 nitrogen and oxygen atoms in total. The predicted octanol–water partition coefficient (Wildman–Crippen LogP) is 3.74. The molecule has 0 radical (unpaired) electrons. The third-order valence-corrected chi connectivity index (χ3v) is 4.96. The van der Waals surface area contributed by atoms with Crippen molar-refractivity contribution in [1.29, 1.82) is 0 Å². The second-order valence-electron chi connectivity index (χ2n) is 7.58. The van der Waals surface area contributed by atoms with Crippen LogP contribution in [-0.2, 0) is 14.3 Å². The first kappa shape index (κ1) is 20.3. The Morgan fingerprint density at radius 3 is 2.62 bits per heavy atom. The van der Waals surface area contributed by atoms with Crippen LogP contribution in [0.5, 0.6) is 5.75 Å². The van der Waals surface area contributed by atoms with Crippen molar-refractivity contribution in [3.05, 3.63) is 29.3 Å². The maximum atomic E-state index is 12.0. The Labute approximate surface area is 156 Å². The van der Waals surface area contributed by atoms with E-state index in [-0.39, 0.29) is 25.2 Å². The van der Waals surface area contributed by atoms with E-state index in [2.05, 4.69) is 26.1 Å². The number of rotatable bonds is 7. The Hall–Kier alpha value is -2.04. The number of esters is 1. The quantitative estimate of drug-likeness (QED) is 0.752. The SMILES string of the molecule is Cc1ccc(C(C)C)c(OCC(=O)OCC(=O)N[C@@H]2CCCC[C@@H]2C)c1. The number of ether oxygens (including phenoxy) is 2. The number of hydrogen-bond donors (Lipinski definition) is 1. The highest BCUT2D eigenvalue weighted by Crippen LogP contribution is 2.27. The van der Waals surface area contributed by atoms with E-state index in [0.29, 0.717) is 17.6 Å². The van der Waals surface area contributed by atoms with E-state index >= 15 is 0 Å². The molecule has 26 heavy (non-hydrogen) atoms. The fourth-order valence-electron chi connectivity index (χ4n) is 3.35. The minimum absolute atomic E-state index is 0.187. The minimum Gasteiger partial charge on any atom is -0.482 e. The summed E-state index contributed by atoms with van der Waals surface area (Å²) in [6.45, 7) is 7.83. The van der Waals surface area contributed by atoms with Gasteiger partial charge in [-0.2, -0.15) is 0 Å². The van der Waals surface area contributed by atoms with Gasteiger partial charge >= 0.3 is 5.97 Å². The van der Waals surface area contributed by atoms with Crippen LogP contribution in [0.15, 0.2) is 18.2 Å². The second kappa shape index (κ2) is 9.60. The Kier molecular flexibility index (Phi) is 7.49. The summed E-state index contributed by atoms with van der Waals surface area (Å²) in [5, 5.41) is 2.97. The van der Waals surface area contributed by atoms with Crippen LogP contribution >= 0.6 is 0 Å². The van der Waals surface area contributed by atoms with Crippen LogP contribution in [-0.4, -0.2) is 31.1 Å². The summed E-state index contributed by atoms with van der Waals surface area (Å²) >= 11 is 0. The average Bonchev–Trinajstić information content (AvgIpc) is 2.60. The average molecular weight is 361 g/mol. The summed E-state index contributed by atoms with van der Waals surface area (Å²) in [6.07, 6.45) is 4.48. The zero-order valence-electron chi connectivity index (χ0n) is 16.3. The van der Waals surface area contributed by atoms with Gasteiger partial charge in [-0.1, -0.05) is 45.7 Å². The van der Waals surface area contributed by atoms with Gasteiger partial charge in [0.1, 0.15) is 5.75 Å². The summed E-state index contributed by atoms with van der Waals surface area (Å²) in [6, 6.07) is 6.14. The first-order chi connectivity index (χ1) is 12.4. The van der Waals surface area contributed by atoms with Crippen molar-refractivity contribution in [2.24, 2.45) is 5.92 Å². The monoisotopic (exact) mass is 361 g/mol. The third-order valence-electron chi connectivity index (χ3n) is 4.96. The lowest BCUT2D eigenvalue weighted by Crippen LogP contribution is -2.43. The van der Waals surface area contributed by atoms with Crippen molar-refractivity contribution >= 4 is 11.9 Å². The molecule has 0 unspecified atom stereocenters. The molecule has 1 N–H and O–H groups in total. The maximum Gasteiger partial charge on any atom is 0.344 e.